The van der Waals surface area contributed by atoms with Gasteiger partial charge >= 0.3 is 0 Å². The molecule has 0 fully saturated rings. The van der Waals surface area contributed by atoms with Crippen LogP contribution in [0.15, 0.2) is 24.3 Å². The lowest BCUT2D eigenvalue weighted by molar-refractivity contribution is 0.102. The van der Waals surface area contributed by atoms with E-state index in [1.165, 1.54) is 11.3 Å². The van der Waals surface area contributed by atoms with Crippen molar-refractivity contribution in [2.75, 3.05) is 26.0 Å². The van der Waals surface area contributed by atoms with Crippen LogP contribution in [0.4, 0.5) is 5.69 Å². The smallest absolute Gasteiger partial charge is 0.286 e. The quantitative estimate of drug-likeness (QED) is 0.804. The summed E-state index contributed by atoms with van der Waals surface area (Å²) in [6, 6.07) is 7.17. The van der Waals surface area contributed by atoms with Crippen LogP contribution in [-0.2, 0) is 6.54 Å². The first-order valence-electron chi connectivity index (χ1n) is 7.58. The molecule has 7 heteroatoms. The van der Waals surface area contributed by atoms with Gasteiger partial charge in [-0.15, -0.1) is 10.2 Å². The van der Waals surface area contributed by atoms with Crippen LogP contribution in [0.1, 0.15) is 34.6 Å². The fourth-order valence-electron chi connectivity index (χ4n) is 2.01. The first-order valence-corrected chi connectivity index (χ1v) is 8.40. The van der Waals surface area contributed by atoms with Crippen molar-refractivity contribution >= 4 is 22.9 Å². The number of hydrogen-bond acceptors (Lipinski definition) is 6. The molecular formula is C16H22N4O2S. The molecule has 2 aromatic rings. The average Bonchev–Trinajstić information content (AvgIpc) is 3.02. The number of aromatic nitrogens is 2. The standard InChI is InChI=1S/C16H22N4O2S/c1-4-5-10-20(2)11-14-18-19-16(23-14)15(21)17-12-6-8-13(22-3)9-7-12/h6-9H,4-5,10-11H2,1-3H3,(H,17,21). The minimum Gasteiger partial charge on any atom is -0.497 e. The van der Waals surface area contributed by atoms with Crippen molar-refractivity contribution in [3.05, 3.63) is 34.3 Å². The zero-order valence-corrected chi connectivity index (χ0v) is 14.5. The Morgan fingerprint density at radius 3 is 2.70 bits per heavy atom. The van der Waals surface area contributed by atoms with Gasteiger partial charge < -0.3 is 10.1 Å². The minimum absolute atomic E-state index is 0.241. The topological polar surface area (TPSA) is 67.4 Å². The summed E-state index contributed by atoms with van der Waals surface area (Å²) < 4.78 is 5.09. The predicted octanol–water partition coefficient (Wildman–Crippen LogP) is 3.03. The number of carbonyl (C=O) groups excluding carboxylic acids is 1. The Kier molecular flexibility index (Phi) is 6.49. The Bertz CT molecular complexity index is 627. The van der Waals surface area contributed by atoms with E-state index >= 15 is 0 Å². The number of amides is 1. The first-order chi connectivity index (χ1) is 11.1. The monoisotopic (exact) mass is 334 g/mol. The Hall–Kier alpha value is -1.99. The van der Waals surface area contributed by atoms with Crippen LogP contribution in [0.2, 0.25) is 0 Å². The molecule has 124 valence electrons. The van der Waals surface area contributed by atoms with E-state index in [1.54, 1.807) is 31.4 Å². The van der Waals surface area contributed by atoms with E-state index in [9.17, 15) is 4.79 Å². The van der Waals surface area contributed by atoms with Crippen LogP contribution in [0, 0.1) is 0 Å². The van der Waals surface area contributed by atoms with Gasteiger partial charge in [0.2, 0.25) is 5.01 Å². The zero-order valence-electron chi connectivity index (χ0n) is 13.7. The summed E-state index contributed by atoms with van der Waals surface area (Å²) >= 11 is 1.33. The third-order valence-electron chi connectivity index (χ3n) is 3.31. The summed E-state index contributed by atoms with van der Waals surface area (Å²) in [6.07, 6.45) is 2.32. The number of ether oxygens (including phenoxy) is 1. The predicted molar refractivity (Wildman–Crippen MR) is 92.1 cm³/mol. The number of carbonyl (C=O) groups is 1. The van der Waals surface area contributed by atoms with Gasteiger partial charge in [0.25, 0.3) is 5.91 Å². The van der Waals surface area contributed by atoms with Gasteiger partial charge in [0.15, 0.2) is 0 Å². The molecule has 0 bridgehead atoms. The highest BCUT2D eigenvalue weighted by molar-refractivity contribution is 7.13. The van der Waals surface area contributed by atoms with E-state index < -0.39 is 0 Å². The van der Waals surface area contributed by atoms with E-state index in [0.717, 1.165) is 30.1 Å². The Labute approximate surface area is 140 Å². The number of unbranched alkanes of at least 4 members (excludes halogenated alkanes) is 1. The van der Waals surface area contributed by atoms with Gasteiger partial charge in [0.1, 0.15) is 10.8 Å². The molecule has 1 heterocycles. The highest BCUT2D eigenvalue weighted by Crippen LogP contribution is 2.17. The maximum absolute atomic E-state index is 12.2. The second-order valence-electron chi connectivity index (χ2n) is 5.27. The van der Waals surface area contributed by atoms with Crippen LogP contribution in [0.5, 0.6) is 5.75 Å². The molecule has 0 spiro atoms. The number of anilines is 1. The van der Waals surface area contributed by atoms with Crippen LogP contribution in [0.3, 0.4) is 0 Å². The average molecular weight is 334 g/mol. The third kappa shape index (κ3) is 5.30. The van der Waals surface area contributed by atoms with Gasteiger partial charge in [-0.05, 0) is 44.3 Å². The number of hydrogen-bond donors (Lipinski definition) is 1. The molecule has 0 unspecified atom stereocenters. The van der Waals surface area contributed by atoms with E-state index in [1.807, 2.05) is 7.05 Å². The van der Waals surface area contributed by atoms with E-state index in [2.05, 4.69) is 27.3 Å². The molecule has 0 radical (unpaired) electrons. The number of rotatable bonds is 8. The molecule has 0 aliphatic carbocycles. The second-order valence-corrected chi connectivity index (χ2v) is 6.34. The largest absolute Gasteiger partial charge is 0.497 e. The minimum atomic E-state index is -0.241. The van der Waals surface area contributed by atoms with Crippen molar-refractivity contribution in [2.45, 2.75) is 26.3 Å². The highest BCUT2D eigenvalue weighted by atomic mass is 32.1. The molecule has 0 aliphatic rings. The van der Waals surface area contributed by atoms with Gasteiger partial charge in [-0.2, -0.15) is 0 Å². The van der Waals surface area contributed by atoms with Crippen molar-refractivity contribution in [2.24, 2.45) is 0 Å². The number of benzene rings is 1. The summed E-state index contributed by atoms with van der Waals surface area (Å²) in [5.74, 6) is 0.506. The summed E-state index contributed by atoms with van der Waals surface area (Å²) in [7, 11) is 3.65. The molecule has 0 saturated carbocycles. The molecule has 0 atom stereocenters. The van der Waals surface area contributed by atoms with Crippen molar-refractivity contribution in [3.63, 3.8) is 0 Å². The maximum Gasteiger partial charge on any atom is 0.286 e. The number of nitrogens with zero attached hydrogens (tertiary/aromatic N) is 3. The lowest BCUT2D eigenvalue weighted by Gasteiger charge is -2.13. The van der Waals surface area contributed by atoms with Crippen molar-refractivity contribution in [3.8, 4) is 5.75 Å². The number of nitrogens with one attached hydrogen (secondary N) is 1. The maximum atomic E-state index is 12.2. The molecule has 0 saturated heterocycles. The SMILES string of the molecule is CCCCN(C)Cc1nnc(C(=O)Nc2ccc(OC)cc2)s1. The molecule has 1 aromatic heterocycles. The third-order valence-corrected chi connectivity index (χ3v) is 4.21. The highest BCUT2D eigenvalue weighted by Gasteiger charge is 2.14. The lowest BCUT2D eigenvalue weighted by Crippen LogP contribution is -2.18. The fraction of sp³-hybridized carbons (Fsp3) is 0.438. The summed E-state index contributed by atoms with van der Waals surface area (Å²) in [5.41, 5.74) is 0.701. The lowest BCUT2D eigenvalue weighted by atomic mass is 10.3. The first kappa shape index (κ1) is 17.4. The van der Waals surface area contributed by atoms with Crippen LogP contribution >= 0.6 is 11.3 Å². The van der Waals surface area contributed by atoms with Gasteiger partial charge in [-0.1, -0.05) is 24.7 Å². The molecule has 1 amide bonds. The second kappa shape index (κ2) is 8.59. The number of methoxy groups -OCH3 is 1. The van der Waals surface area contributed by atoms with Crippen molar-refractivity contribution in [1.82, 2.24) is 15.1 Å². The molecule has 1 aromatic carbocycles. The van der Waals surface area contributed by atoms with Crippen molar-refractivity contribution < 1.29 is 9.53 Å². The molecule has 1 N–H and O–H groups in total. The Morgan fingerprint density at radius 1 is 1.30 bits per heavy atom. The van der Waals surface area contributed by atoms with Crippen LogP contribution in [0.25, 0.3) is 0 Å². The van der Waals surface area contributed by atoms with Crippen molar-refractivity contribution in [1.29, 1.82) is 0 Å². The van der Waals surface area contributed by atoms with E-state index in [4.69, 9.17) is 4.74 Å². The van der Waals surface area contributed by atoms with Gasteiger partial charge in [-0.25, -0.2) is 0 Å². The Morgan fingerprint density at radius 2 is 2.04 bits per heavy atom. The summed E-state index contributed by atoms with van der Waals surface area (Å²) in [6.45, 7) is 3.90. The Balaban J connectivity index is 1.92. The molecular weight excluding hydrogens is 312 g/mol. The zero-order chi connectivity index (χ0) is 16.7. The van der Waals surface area contributed by atoms with E-state index in [-0.39, 0.29) is 5.91 Å². The molecule has 0 aliphatic heterocycles. The van der Waals surface area contributed by atoms with Gasteiger partial charge in [0.05, 0.1) is 13.7 Å². The fourth-order valence-corrected chi connectivity index (χ4v) is 2.82. The van der Waals surface area contributed by atoms with Gasteiger partial charge in [-0.3, -0.25) is 9.69 Å². The molecule has 2 rings (SSSR count). The van der Waals surface area contributed by atoms with E-state index in [0.29, 0.717) is 17.2 Å². The molecule has 6 nitrogen and oxygen atoms in total. The van der Waals surface area contributed by atoms with Gasteiger partial charge in [0, 0.05) is 5.69 Å². The molecule has 23 heavy (non-hydrogen) atoms. The van der Waals surface area contributed by atoms with Crippen LogP contribution in [-0.4, -0.2) is 41.7 Å². The summed E-state index contributed by atoms with van der Waals surface area (Å²) in [5, 5.41) is 12.1. The van der Waals surface area contributed by atoms with Crippen LogP contribution < -0.4 is 10.1 Å². The normalized spacial score (nSPS) is 10.8. The summed E-state index contributed by atoms with van der Waals surface area (Å²) in [4.78, 5) is 14.4.